The molecule has 2 heterocycles. The molecule has 0 spiro atoms. The molecule has 1 aromatic rings. The average molecular weight is 277 g/mol. The first-order valence-electron chi connectivity index (χ1n) is 4.86. The average Bonchev–Trinajstić information content (AvgIpc) is 2.74. The molecule has 0 radical (unpaired) electrons. The summed E-state index contributed by atoms with van der Waals surface area (Å²) in [6.07, 6.45) is 2.40. The van der Waals surface area contributed by atoms with E-state index < -0.39 is 0 Å². The summed E-state index contributed by atoms with van der Waals surface area (Å²) in [6, 6.07) is 1.72. The summed E-state index contributed by atoms with van der Waals surface area (Å²) in [4.78, 5) is 15.7. The van der Waals surface area contributed by atoms with Gasteiger partial charge in [0.15, 0.2) is 0 Å². The quantitative estimate of drug-likeness (QED) is 0.845. The van der Waals surface area contributed by atoms with Gasteiger partial charge in [-0.05, 0) is 18.2 Å². The van der Waals surface area contributed by atoms with Crippen LogP contribution in [0.1, 0.15) is 16.8 Å². The fourth-order valence-corrected chi connectivity index (χ4v) is 3.00. The highest BCUT2D eigenvalue weighted by Gasteiger charge is 2.20. The SMILES string of the molecule is O=C(NC1CCSC1)c1cc(Cl)ncc1Cl. The van der Waals surface area contributed by atoms with Crippen molar-refractivity contribution in [1.29, 1.82) is 0 Å². The van der Waals surface area contributed by atoms with Gasteiger partial charge in [-0.15, -0.1) is 0 Å². The Morgan fingerprint density at radius 3 is 3.06 bits per heavy atom. The Morgan fingerprint density at radius 2 is 2.38 bits per heavy atom. The van der Waals surface area contributed by atoms with Gasteiger partial charge >= 0.3 is 0 Å². The van der Waals surface area contributed by atoms with Gasteiger partial charge in [0.05, 0.1) is 10.6 Å². The number of rotatable bonds is 2. The maximum atomic E-state index is 11.9. The number of nitrogens with zero attached hydrogens (tertiary/aromatic N) is 1. The first-order valence-corrected chi connectivity index (χ1v) is 6.77. The second kappa shape index (κ2) is 5.25. The Balaban J connectivity index is 2.10. The number of thioether (sulfide) groups is 1. The lowest BCUT2D eigenvalue weighted by atomic mass is 10.2. The third kappa shape index (κ3) is 2.81. The number of carbonyl (C=O) groups excluding carboxylic acids is 1. The van der Waals surface area contributed by atoms with E-state index in [0.29, 0.717) is 10.6 Å². The number of halogens is 2. The first kappa shape index (κ1) is 12.0. The van der Waals surface area contributed by atoms with Crippen LogP contribution in [0.4, 0.5) is 0 Å². The predicted molar refractivity (Wildman–Crippen MR) is 67.5 cm³/mol. The van der Waals surface area contributed by atoms with Gasteiger partial charge < -0.3 is 5.32 Å². The summed E-state index contributed by atoms with van der Waals surface area (Å²) in [5.41, 5.74) is 0.388. The van der Waals surface area contributed by atoms with Crippen LogP contribution in [0.15, 0.2) is 12.3 Å². The van der Waals surface area contributed by atoms with Gasteiger partial charge in [-0.25, -0.2) is 4.98 Å². The first-order chi connectivity index (χ1) is 7.66. The Bertz CT molecular complexity index is 408. The van der Waals surface area contributed by atoms with Gasteiger partial charge in [0.1, 0.15) is 5.15 Å². The largest absolute Gasteiger partial charge is 0.348 e. The Labute approximate surface area is 108 Å². The molecule has 16 heavy (non-hydrogen) atoms. The lowest BCUT2D eigenvalue weighted by molar-refractivity contribution is 0.0941. The topological polar surface area (TPSA) is 42.0 Å². The van der Waals surface area contributed by atoms with E-state index in [1.165, 1.54) is 12.3 Å². The molecule has 1 amide bonds. The molecule has 0 aliphatic carbocycles. The number of aromatic nitrogens is 1. The summed E-state index contributed by atoms with van der Waals surface area (Å²) in [5, 5.41) is 3.53. The molecule has 1 atom stereocenters. The van der Waals surface area contributed by atoms with Crippen LogP contribution >= 0.6 is 35.0 Å². The minimum Gasteiger partial charge on any atom is -0.348 e. The second-order valence-electron chi connectivity index (χ2n) is 3.52. The minimum absolute atomic E-state index is 0.179. The molecule has 1 saturated heterocycles. The summed E-state index contributed by atoms with van der Waals surface area (Å²) >= 11 is 13.5. The minimum atomic E-state index is -0.179. The molecule has 1 fully saturated rings. The summed E-state index contributed by atoms with van der Waals surface area (Å²) in [5.74, 6) is 1.87. The predicted octanol–water partition coefficient (Wildman–Crippen LogP) is 2.62. The summed E-state index contributed by atoms with van der Waals surface area (Å²) < 4.78 is 0. The molecule has 0 saturated carbocycles. The molecule has 86 valence electrons. The molecule has 3 nitrogen and oxygen atoms in total. The molecule has 6 heteroatoms. The molecule has 2 rings (SSSR count). The van der Waals surface area contributed by atoms with Crippen LogP contribution in [0, 0.1) is 0 Å². The van der Waals surface area contributed by atoms with Gasteiger partial charge in [0, 0.05) is 18.0 Å². The van der Waals surface area contributed by atoms with Crippen molar-refractivity contribution in [3.8, 4) is 0 Å². The van der Waals surface area contributed by atoms with Gasteiger partial charge in [-0.2, -0.15) is 11.8 Å². The van der Waals surface area contributed by atoms with E-state index in [4.69, 9.17) is 23.2 Å². The maximum Gasteiger partial charge on any atom is 0.253 e. The van der Waals surface area contributed by atoms with Crippen LogP contribution in [-0.4, -0.2) is 28.4 Å². The molecule has 1 aliphatic rings. The zero-order valence-electron chi connectivity index (χ0n) is 8.37. The molecule has 1 unspecified atom stereocenters. The van der Waals surface area contributed by atoms with E-state index in [9.17, 15) is 4.79 Å². The van der Waals surface area contributed by atoms with E-state index in [1.807, 2.05) is 11.8 Å². The van der Waals surface area contributed by atoms with E-state index >= 15 is 0 Å². The van der Waals surface area contributed by atoms with Crippen LogP contribution in [-0.2, 0) is 0 Å². The van der Waals surface area contributed by atoms with Crippen molar-refractivity contribution >= 4 is 40.9 Å². The zero-order chi connectivity index (χ0) is 11.5. The van der Waals surface area contributed by atoms with Gasteiger partial charge in [0.25, 0.3) is 5.91 Å². The highest BCUT2D eigenvalue weighted by atomic mass is 35.5. The smallest absolute Gasteiger partial charge is 0.253 e. The van der Waals surface area contributed by atoms with Crippen molar-refractivity contribution in [3.05, 3.63) is 28.0 Å². The third-order valence-electron chi connectivity index (χ3n) is 2.33. The number of carbonyl (C=O) groups is 1. The van der Waals surface area contributed by atoms with Crippen LogP contribution < -0.4 is 5.32 Å². The van der Waals surface area contributed by atoms with Crippen LogP contribution in [0.3, 0.4) is 0 Å². The van der Waals surface area contributed by atoms with E-state index in [2.05, 4.69) is 10.3 Å². The fourth-order valence-electron chi connectivity index (χ4n) is 1.50. The van der Waals surface area contributed by atoms with Crippen molar-refractivity contribution in [1.82, 2.24) is 10.3 Å². The van der Waals surface area contributed by atoms with Gasteiger partial charge in [0.2, 0.25) is 0 Å². The van der Waals surface area contributed by atoms with Crippen LogP contribution in [0.5, 0.6) is 0 Å². The molecular weight excluding hydrogens is 267 g/mol. The number of amides is 1. The fraction of sp³-hybridized carbons (Fsp3) is 0.400. The molecule has 1 aromatic heterocycles. The lowest BCUT2D eigenvalue weighted by Crippen LogP contribution is -2.34. The number of pyridine rings is 1. The van der Waals surface area contributed by atoms with Crippen molar-refractivity contribution in [2.75, 3.05) is 11.5 Å². The highest BCUT2D eigenvalue weighted by molar-refractivity contribution is 7.99. The normalized spacial score (nSPS) is 19.8. The van der Waals surface area contributed by atoms with Gasteiger partial charge in [-0.1, -0.05) is 23.2 Å². The van der Waals surface area contributed by atoms with Crippen LogP contribution in [0.2, 0.25) is 10.2 Å². The molecule has 0 aromatic carbocycles. The van der Waals surface area contributed by atoms with Crippen molar-refractivity contribution in [2.24, 2.45) is 0 Å². The molecule has 0 bridgehead atoms. The Morgan fingerprint density at radius 1 is 1.56 bits per heavy atom. The third-order valence-corrected chi connectivity index (χ3v) is 4.00. The number of hydrogen-bond acceptors (Lipinski definition) is 3. The Hall–Kier alpha value is -0.450. The van der Waals surface area contributed by atoms with E-state index in [1.54, 1.807) is 0 Å². The molecular formula is C10H10Cl2N2OS. The second-order valence-corrected chi connectivity index (χ2v) is 5.47. The number of hydrogen-bond donors (Lipinski definition) is 1. The summed E-state index contributed by atoms with van der Waals surface area (Å²) in [7, 11) is 0. The standard InChI is InChI=1S/C10H10Cl2N2OS/c11-8-4-13-9(12)3-7(8)10(15)14-6-1-2-16-5-6/h3-4,6H,1-2,5H2,(H,14,15). The van der Waals surface area contributed by atoms with E-state index in [0.717, 1.165) is 17.9 Å². The van der Waals surface area contributed by atoms with Crippen molar-refractivity contribution in [3.63, 3.8) is 0 Å². The monoisotopic (exact) mass is 276 g/mol. The molecule has 1 N–H and O–H groups in total. The van der Waals surface area contributed by atoms with Crippen LogP contribution in [0.25, 0.3) is 0 Å². The summed E-state index contributed by atoms with van der Waals surface area (Å²) in [6.45, 7) is 0. The molecule has 1 aliphatic heterocycles. The highest BCUT2D eigenvalue weighted by Crippen LogP contribution is 2.20. The lowest BCUT2D eigenvalue weighted by Gasteiger charge is -2.11. The Kier molecular flexibility index (Phi) is 3.95. The van der Waals surface area contributed by atoms with E-state index in [-0.39, 0.29) is 17.1 Å². The zero-order valence-corrected chi connectivity index (χ0v) is 10.7. The van der Waals surface area contributed by atoms with Gasteiger partial charge in [-0.3, -0.25) is 4.79 Å². The van der Waals surface area contributed by atoms with Crippen molar-refractivity contribution < 1.29 is 4.79 Å². The number of nitrogens with one attached hydrogen (secondary N) is 1. The van der Waals surface area contributed by atoms with Crippen molar-refractivity contribution in [2.45, 2.75) is 12.5 Å². The maximum absolute atomic E-state index is 11.9.